The van der Waals surface area contributed by atoms with Gasteiger partial charge < -0.3 is 5.11 Å². The molecule has 0 amide bonds. The maximum absolute atomic E-state index is 9.53. The largest absolute Gasteiger partial charge is 0.387 e. The van der Waals surface area contributed by atoms with Crippen LogP contribution >= 0.6 is 0 Å². The van der Waals surface area contributed by atoms with Gasteiger partial charge in [0, 0.05) is 18.8 Å². The Morgan fingerprint density at radius 1 is 1.75 bits per heavy atom. The van der Waals surface area contributed by atoms with Gasteiger partial charge in [0.2, 0.25) is 0 Å². The predicted octanol–water partition coefficient (Wildman–Crippen LogP) is 0.613. The maximum atomic E-state index is 9.53. The second kappa shape index (κ2) is 3.37. The Bertz CT molecular complexity index is 299. The number of aromatic nitrogens is 2. The molecule has 4 heteroatoms. The SMILES string of the molecule is CC(C#N)C(O)c1cnn(C)c1. The van der Waals surface area contributed by atoms with Gasteiger partial charge in [0.1, 0.15) is 0 Å². The lowest BCUT2D eigenvalue weighted by Crippen LogP contribution is -2.05. The van der Waals surface area contributed by atoms with Gasteiger partial charge >= 0.3 is 0 Å². The summed E-state index contributed by atoms with van der Waals surface area (Å²) >= 11 is 0. The van der Waals surface area contributed by atoms with E-state index in [2.05, 4.69) is 5.10 Å². The quantitative estimate of drug-likeness (QED) is 0.698. The Hall–Kier alpha value is -1.34. The number of aliphatic hydroxyl groups is 1. The van der Waals surface area contributed by atoms with Crippen molar-refractivity contribution in [3.8, 4) is 6.07 Å². The summed E-state index contributed by atoms with van der Waals surface area (Å²) in [5.74, 6) is -0.394. The monoisotopic (exact) mass is 165 g/mol. The summed E-state index contributed by atoms with van der Waals surface area (Å²) in [4.78, 5) is 0. The summed E-state index contributed by atoms with van der Waals surface area (Å²) in [5, 5.41) is 22.0. The van der Waals surface area contributed by atoms with Gasteiger partial charge in [0.05, 0.1) is 24.3 Å². The molecule has 2 unspecified atom stereocenters. The van der Waals surface area contributed by atoms with Gasteiger partial charge in [0.15, 0.2) is 0 Å². The molecule has 1 aromatic heterocycles. The van der Waals surface area contributed by atoms with Crippen LogP contribution in [0.1, 0.15) is 18.6 Å². The van der Waals surface area contributed by atoms with E-state index in [-0.39, 0.29) is 0 Å². The van der Waals surface area contributed by atoms with Crippen molar-refractivity contribution in [2.75, 3.05) is 0 Å². The average molecular weight is 165 g/mol. The highest BCUT2D eigenvalue weighted by molar-refractivity contribution is 5.11. The van der Waals surface area contributed by atoms with Gasteiger partial charge in [-0.1, -0.05) is 0 Å². The number of rotatable bonds is 2. The van der Waals surface area contributed by atoms with Crippen molar-refractivity contribution in [3.05, 3.63) is 18.0 Å². The first-order chi connectivity index (χ1) is 5.65. The molecular weight excluding hydrogens is 154 g/mol. The van der Waals surface area contributed by atoms with E-state index in [9.17, 15) is 5.11 Å². The zero-order valence-corrected chi connectivity index (χ0v) is 7.10. The summed E-state index contributed by atoms with van der Waals surface area (Å²) in [6.45, 7) is 1.68. The van der Waals surface area contributed by atoms with Crippen LogP contribution in [0.3, 0.4) is 0 Å². The Morgan fingerprint density at radius 2 is 2.42 bits per heavy atom. The van der Waals surface area contributed by atoms with Crippen molar-refractivity contribution in [2.24, 2.45) is 13.0 Å². The highest BCUT2D eigenvalue weighted by Crippen LogP contribution is 2.19. The third-order valence-corrected chi connectivity index (χ3v) is 1.74. The molecule has 0 saturated carbocycles. The zero-order valence-electron chi connectivity index (χ0n) is 7.10. The second-order valence-electron chi connectivity index (χ2n) is 2.81. The number of nitrogens with zero attached hydrogens (tertiary/aromatic N) is 3. The van der Waals surface area contributed by atoms with E-state index in [4.69, 9.17) is 5.26 Å². The van der Waals surface area contributed by atoms with Gasteiger partial charge in [-0.25, -0.2) is 0 Å². The molecule has 1 rings (SSSR count). The number of hydrogen-bond acceptors (Lipinski definition) is 3. The second-order valence-corrected chi connectivity index (χ2v) is 2.81. The molecule has 1 heterocycles. The zero-order chi connectivity index (χ0) is 9.14. The molecule has 0 aromatic carbocycles. The smallest absolute Gasteiger partial charge is 0.0975 e. The molecular formula is C8H11N3O. The van der Waals surface area contributed by atoms with Gasteiger partial charge in [-0.15, -0.1) is 0 Å². The Morgan fingerprint density at radius 3 is 2.83 bits per heavy atom. The summed E-state index contributed by atoms with van der Waals surface area (Å²) in [6, 6.07) is 1.99. The van der Waals surface area contributed by atoms with Crippen molar-refractivity contribution >= 4 is 0 Å². The molecule has 0 aliphatic carbocycles. The van der Waals surface area contributed by atoms with E-state index in [0.29, 0.717) is 5.56 Å². The fraction of sp³-hybridized carbons (Fsp3) is 0.500. The third-order valence-electron chi connectivity index (χ3n) is 1.74. The van der Waals surface area contributed by atoms with E-state index >= 15 is 0 Å². The summed E-state index contributed by atoms with van der Waals surface area (Å²) < 4.78 is 1.60. The number of aliphatic hydroxyl groups excluding tert-OH is 1. The van der Waals surface area contributed by atoms with Crippen molar-refractivity contribution in [1.82, 2.24) is 9.78 Å². The topological polar surface area (TPSA) is 61.8 Å². The fourth-order valence-electron chi connectivity index (χ4n) is 0.952. The lowest BCUT2D eigenvalue weighted by Gasteiger charge is -2.08. The van der Waals surface area contributed by atoms with Crippen LogP contribution in [0, 0.1) is 17.2 Å². The van der Waals surface area contributed by atoms with Crippen molar-refractivity contribution in [2.45, 2.75) is 13.0 Å². The summed E-state index contributed by atoms with van der Waals surface area (Å²) in [7, 11) is 1.77. The molecule has 4 nitrogen and oxygen atoms in total. The van der Waals surface area contributed by atoms with E-state index in [1.54, 1.807) is 31.0 Å². The van der Waals surface area contributed by atoms with Gasteiger partial charge in [-0.3, -0.25) is 4.68 Å². The minimum Gasteiger partial charge on any atom is -0.387 e. The first-order valence-electron chi connectivity index (χ1n) is 3.71. The van der Waals surface area contributed by atoms with Crippen LogP contribution in [0.15, 0.2) is 12.4 Å². The molecule has 0 aliphatic heterocycles. The van der Waals surface area contributed by atoms with Crippen molar-refractivity contribution in [1.29, 1.82) is 5.26 Å². The van der Waals surface area contributed by atoms with Gasteiger partial charge in [-0.05, 0) is 6.92 Å². The Labute approximate surface area is 71.1 Å². The molecule has 0 fully saturated rings. The average Bonchev–Trinajstić information content (AvgIpc) is 2.49. The van der Waals surface area contributed by atoms with Crippen LogP contribution in [-0.4, -0.2) is 14.9 Å². The van der Waals surface area contributed by atoms with Crippen LogP contribution in [0.5, 0.6) is 0 Å². The minimum absolute atomic E-state index is 0.394. The maximum Gasteiger partial charge on any atom is 0.0975 e. The molecule has 64 valence electrons. The van der Waals surface area contributed by atoms with Crippen LogP contribution in [-0.2, 0) is 7.05 Å². The summed E-state index contributed by atoms with van der Waals surface area (Å²) in [6.07, 6.45) is 2.54. The van der Waals surface area contributed by atoms with Crippen LogP contribution in [0.4, 0.5) is 0 Å². The first kappa shape index (κ1) is 8.75. The highest BCUT2D eigenvalue weighted by Gasteiger charge is 2.16. The van der Waals surface area contributed by atoms with Crippen molar-refractivity contribution < 1.29 is 5.11 Å². The molecule has 0 radical (unpaired) electrons. The van der Waals surface area contributed by atoms with E-state index in [0.717, 1.165) is 0 Å². The molecule has 2 atom stereocenters. The molecule has 0 aliphatic rings. The highest BCUT2D eigenvalue weighted by atomic mass is 16.3. The minimum atomic E-state index is -0.733. The molecule has 1 aromatic rings. The Balaban J connectivity index is 2.79. The standard InChI is InChI=1S/C8H11N3O/c1-6(3-9)8(12)7-4-10-11(2)5-7/h4-6,8,12H,1-2H3. The van der Waals surface area contributed by atoms with Crippen LogP contribution < -0.4 is 0 Å². The predicted molar refractivity (Wildman–Crippen MR) is 42.9 cm³/mol. The molecule has 0 saturated heterocycles. The third kappa shape index (κ3) is 1.63. The van der Waals surface area contributed by atoms with Crippen LogP contribution in [0.25, 0.3) is 0 Å². The number of nitriles is 1. The van der Waals surface area contributed by atoms with Gasteiger partial charge in [-0.2, -0.15) is 10.4 Å². The molecule has 0 spiro atoms. The Kier molecular flexibility index (Phi) is 2.46. The molecule has 1 N–H and O–H groups in total. The van der Waals surface area contributed by atoms with Gasteiger partial charge in [0.25, 0.3) is 0 Å². The fourth-order valence-corrected chi connectivity index (χ4v) is 0.952. The summed E-state index contributed by atoms with van der Waals surface area (Å²) in [5.41, 5.74) is 0.687. The molecule has 0 bridgehead atoms. The van der Waals surface area contributed by atoms with E-state index in [1.807, 2.05) is 6.07 Å². The van der Waals surface area contributed by atoms with E-state index in [1.165, 1.54) is 0 Å². The number of aryl methyl sites for hydroxylation is 1. The van der Waals surface area contributed by atoms with Crippen LogP contribution in [0.2, 0.25) is 0 Å². The lowest BCUT2D eigenvalue weighted by molar-refractivity contribution is 0.142. The van der Waals surface area contributed by atoms with E-state index < -0.39 is 12.0 Å². The number of hydrogen-bond donors (Lipinski definition) is 1. The van der Waals surface area contributed by atoms with Crippen molar-refractivity contribution in [3.63, 3.8) is 0 Å². The lowest BCUT2D eigenvalue weighted by atomic mass is 10.0. The first-order valence-corrected chi connectivity index (χ1v) is 3.71. The normalized spacial score (nSPS) is 15.2. The molecule has 12 heavy (non-hydrogen) atoms.